The second-order valence-corrected chi connectivity index (χ2v) is 7.45. The highest BCUT2D eigenvalue weighted by atomic mass is 16.2. The van der Waals surface area contributed by atoms with Gasteiger partial charge in [-0.1, -0.05) is 38.1 Å². The number of amides is 1. The van der Waals surface area contributed by atoms with Gasteiger partial charge in [0.05, 0.1) is 0 Å². The number of likely N-dealkylation sites (tertiary alicyclic amines) is 1. The van der Waals surface area contributed by atoms with Crippen LogP contribution in [-0.4, -0.2) is 23.9 Å². The largest absolute Gasteiger partial charge is 0.352 e. The van der Waals surface area contributed by atoms with Gasteiger partial charge in [-0.05, 0) is 42.2 Å². The molecular weight excluding hydrogens is 272 g/mol. The molecule has 0 bridgehead atoms. The van der Waals surface area contributed by atoms with Crippen LogP contribution in [0, 0.1) is 17.8 Å². The third-order valence-electron chi connectivity index (χ3n) is 4.79. The first-order chi connectivity index (χ1) is 10.6. The van der Waals surface area contributed by atoms with Crippen molar-refractivity contribution in [3.8, 4) is 0 Å². The Morgan fingerprint density at radius 2 is 1.68 bits per heavy atom. The van der Waals surface area contributed by atoms with Crippen molar-refractivity contribution in [3.63, 3.8) is 0 Å². The maximum Gasteiger partial charge on any atom is 0.223 e. The number of carbonyl (C=O) groups is 1. The summed E-state index contributed by atoms with van der Waals surface area (Å²) in [6.45, 7) is 8.84. The third kappa shape index (κ3) is 4.33. The minimum absolute atomic E-state index is 0.223. The zero-order valence-electron chi connectivity index (χ0n) is 13.8. The number of piperidine rings is 1. The number of nitrogens with zero attached hydrogens (tertiary/aromatic N) is 1. The van der Waals surface area contributed by atoms with Gasteiger partial charge in [-0.25, -0.2) is 0 Å². The highest BCUT2D eigenvalue weighted by Gasteiger charge is 2.29. The molecule has 1 N–H and O–H groups in total. The Hall–Kier alpha value is -1.35. The van der Waals surface area contributed by atoms with Crippen LogP contribution in [0.2, 0.25) is 0 Å². The van der Waals surface area contributed by atoms with Crippen LogP contribution in [0.15, 0.2) is 24.3 Å². The highest BCUT2D eigenvalue weighted by molar-refractivity contribution is 5.80. The average Bonchev–Trinajstić information content (AvgIpc) is 3.30. The van der Waals surface area contributed by atoms with Gasteiger partial charge in [0.2, 0.25) is 5.91 Å². The van der Waals surface area contributed by atoms with Crippen molar-refractivity contribution >= 4 is 5.91 Å². The maximum atomic E-state index is 11.7. The topological polar surface area (TPSA) is 32.3 Å². The third-order valence-corrected chi connectivity index (χ3v) is 4.79. The smallest absolute Gasteiger partial charge is 0.223 e. The van der Waals surface area contributed by atoms with E-state index in [0.29, 0.717) is 12.5 Å². The molecule has 1 saturated heterocycles. The predicted molar refractivity (Wildman–Crippen MR) is 89.2 cm³/mol. The van der Waals surface area contributed by atoms with Gasteiger partial charge in [-0.3, -0.25) is 9.69 Å². The van der Waals surface area contributed by atoms with Crippen LogP contribution in [0.25, 0.3) is 0 Å². The Kier molecular flexibility index (Phi) is 4.82. The molecule has 3 heteroatoms. The van der Waals surface area contributed by atoms with Crippen molar-refractivity contribution in [2.45, 2.75) is 46.2 Å². The van der Waals surface area contributed by atoms with Crippen LogP contribution in [0.5, 0.6) is 0 Å². The summed E-state index contributed by atoms with van der Waals surface area (Å²) in [4.78, 5) is 14.2. The molecule has 0 radical (unpaired) electrons. The van der Waals surface area contributed by atoms with Crippen molar-refractivity contribution < 1.29 is 4.79 Å². The van der Waals surface area contributed by atoms with E-state index in [2.05, 4.69) is 48.3 Å². The Morgan fingerprint density at radius 1 is 1.09 bits per heavy atom. The lowest BCUT2D eigenvalue weighted by Crippen LogP contribution is -2.38. The predicted octanol–water partition coefficient (Wildman–Crippen LogP) is 3.19. The summed E-state index contributed by atoms with van der Waals surface area (Å²) in [5.74, 6) is 2.13. The normalized spacial score (nSPS) is 25.9. The Morgan fingerprint density at radius 3 is 2.27 bits per heavy atom. The van der Waals surface area contributed by atoms with E-state index >= 15 is 0 Å². The van der Waals surface area contributed by atoms with Crippen LogP contribution in [0.3, 0.4) is 0 Å². The van der Waals surface area contributed by atoms with Gasteiger partial charge < -0.3 is 5.32 Å². The lowest BCUT2D eigenvalue weighted by Gasteiger charge is -2.35. The Bertz CT molecular complexity index is 497. The second kappa shape index (κ2) is 6.82. The van der Waals surface area contributed by atoms with Crippen molar-refractivity contribution in [1.82, 2.24) is 10.2 Å². The van der Waals surface area contributed by atoms with Gasteiger partial charge in [0, 0.05) is 32.1 Å². The molecule has 0 unspecified atom stereocenters. The second-order valence-electron chi connectivity index (χ2n) is 7.45. The molecule has 2 aliphatic rings. The van der Waals surface area contributed by atoms with Gasteiger partial charge >= 0.3 is 0 Å². The molecule has 2 atom stereocenters. The SMILES string of the molecule is C[C@@H]1C[C@@H](C)CN(Cc2ccc(CNC(=O)C3CC3)cc2)C1. The fraction of sp³-hybridized carbons (Fsp3) is 0.632. The van der Waals surface area contributed by atoms with Crippen LogP contribution in [-0.2, 0) is 17.9 Å². The number of hydrogen-bond acceptors (Lipinski definition) is 2. The zero-order valence-corrected chi connectivity index (χ0v) is 13.8. The summed E-state index contributed by atoms with van der Waals surface area (Å²) in [5, 5.41) is 3.02. The molecule has 0 spiro atoms. The van der Waals surface area contributed by atoms with E-state index in [4.69, 9.17) is 0 Å². The molecule has 1 saturated carbocycles. The van der Waals surface area contributed by atoms with E-state index in [-0.39, 0.29) is 5.91 Å². The number of nitrogens with one attached hydrogen (secondary N) is 1. The molecule has 3 rings (SSSR count). The van der Waals surface area contributed by atoms with Crippen molar-refractivity contribution in [3.05, 3.63) is 35.4 Å². The van der Waals surface area contributed by atoms with Crippen molar-refractivity contribution in [2.24, 2.45) is 17.8 Å². The van der Waals surface area contributed by atoms with Gasteiger partial charge in [0.15, 0.2) is 0 Å². The van der Waals surface area contributed by atoms with E-state index in [1.54, 1.807) is 0 Å². The minimum atomic E-state index is 0.223. The fourth-order valence-corrected chi connectivity index (χ4v) is 3.62. The van der Waals surface area contributed by atoms with E-state index in [1.165, 1.54) is 30.6 Å². The number of carbonyl (C=O) groups excluding carboxylic acids is 1. The van der Waals surface area contributed by atoms with Crippen molar-refractivity contribution in [1.29, 1.82) is 0 Å². The molecule has 22 heavy (non-hydrogen) atoms. The molecule has 1 aliphatic heterocycles. The van der Waals surface area contributed by atoms with E-state index in [1.807, 2.05) is 0 Å². The Labute approximate surface area is 134 Å². The average molecular weight is 300 g/mol. The minimum Gasteiger partial charge on any atom is -0.352 e. The van der Waals surface area contributed by atoms with Gasteiger partial charge in [-0.15, -0.1) is 0 Å². The molecule has 0 aromatic heterocycles. The van der Waals surface area contributed by atoms with Gasteiger partial charge in [0.1, 0.15) is 0 Å². The van der Waals surface area contributed by atoms with Crippen LogP contribution in [0.1, 0.15) is 44.2 Å². The number of benzene rings is 1. The van der Waals surface area contributed by atoms with Crippen LogP contribution in [0.4, 0.5) is 0 Å². The molecule has 3 nitrogen and oxygen atoms in total. The van der Waals surface area contributed by atoms with Gasteiger partial charge in [0.25, 0.3) is 0 Å². The molecule has 1 heterocycles. The highest BCUT2D eigenvalue weighted by Crippen LogP contribution is 2.28. The number of rotatable bonds is 5. The zero-order chi connectivity index (χ0) is 15.5. The molecular formula is C19H28N2O. The summed E-state index contributed by atoms with van der Waals surface area (Å²) < 4.78 is 0. The molecule has 120 valence electrons. The van der Waals surface area contributed by atoms with Crippen LogP contribution >= 0.6 is 0 Å². The molecule has 1 amide bonds. The summed E-state index contributed by atoms with van der Waals surface area (Å²) in [6.07, 6.45) is 3.49. The first kappa shape index (κ1) is 15.5. The van der Waals surface area contributed by atoms with E-state index in [9.17, 15) is 4.79 Å². The lowest BCUT2D eigenvalue weighted by molar-refractivity contribution is -0.122. The lowest BCUT2D eigenvalue weighted by atomic mass is 9.91. The molecule has 1 aromatic carbocycles. The summed E-state index contributed by atoms with van der Waals surface area (Å²) >= 11 is 0. The number of hydrogen-bond donors (Lipinski definition) is 1. The maximum absolute atomic E-state index is 11.7. The first-order valence-corrected chi connectivity index (χ1v) is 8.68. The fourth-order valence-electron chi connectivity index (χ4n) is 3.62. The quantitative estimate of drug-likeness (QED) is 0.906. The standard InChI is InChI=1S/C19H28N2O/c1-14-9-15(2)12-21(11-14)13-17-5-3-16(4-6-17)10-20-19(22)18-7-8-18/h3-6,14-15,18H,7-13H2,1-2H3,(H,20,22)/t14-,15-/m1/s1. The van der Waals surface area contributed by atoms with Crippen molar-refractivity contribution in [2.75, 3.05) is 13.1 Å². The summed E-state index contributed by atoms with van der Waals surface area (Å²) in [5.41, 5.74) is 2.57. The van der Waals surface area contributed by atoms with Crippen LogP contribution < -0.4 is 5.32 Å². The molecule has 1 aromatic rings. The Balaban J connectivity index is 1.49. The molecule has 1 aliphatic carbocycles. The summed E-state index contributed by atoms with van der Waals surface area (Å²) in [6, 6.07) is 8.73. The molecule has 2 fully saturated rings. The van der Waals surface area contributed by atoms with E-state index < -0.39 is 0 Å². The summed E-state index contributed by atoms with van der Waals surface area (Å²) in [7, 11) is 0. The van der Waals surface area contributed by atoms with Gasteiger partial charge in [-0.2, -0.15) is 0 Å². The first-order valence-electron chi connectivity index (χ1n) is 8.68. The monoisotopic (exact) mass is 300 g/mol. The van der Waals surface area contributed by atoms with E-state index in [0.717, 1.165) is 31.2 Å².